The molecule has 2 amide bonds. The van der Waals surface area contributed by atoms with Gasteiger partial charge in [-0.25, -0.2) is 0 Å². The van der Waals surface area contributed by atoms with Crippen molar-refractivity contribution < 1.29 is 9.59 Å². The largest absolute Gasteiger partial charge is 0.342 e. The molecule has 3 saturated heterocycles. The van der Waals surface area contributed by atoms with Crippen LogP contribution < -0.4 is 0 Å². The molecule has 4 heterocycles. The van der Waals surface area contributed by atoms with Crippen molar-refractivity contribution in [2.24, 2.45) is 16.7 Å². The zero-order valence-corrected chi connectivity index (χ0v) is 17.5. The molecular weight excluding hydrogens is 364 g/mol. The van der Waals surface area contributed by atoms with Crippen molar-refractivity contribution in [3.63, 3.8) is 0 Å². The van der Waals surface area contributed by atoms with Gasteiger partial charge in [0.1, 0.15) is 5.69 Å². The van der Waals surface area contributed by atoms with E-state index >= 15 is 0 Å². The first-order chi connectivity index (χ1) is 14.0. The Morgan fingerprint density at radius 3 is 2.45 bits per heavy atom. The summed E-state index contributed by atoms with van der Waals surface area (Å²) in [5.74, 6) is 0.898. The molecule has 2 atom stereocenters. The number of fused-ring (bicyclic) bond motifs is 2. The van der Waals surface area contributed by atoms with Gasteiger partial charge in [-0.1, -0.05) is 6.07 Å². The highest BCUT2D eigenvalue weighted by Crippen LogP contribution is 2.62. The number of likely N-dealkylation sites (tertiary alicyclic amines) is 3. The first-order valence-corrected chi connectivity index (χ1v) is 11.2. The Kier molecular flexibility index (Phi) is 4.65. The van der Waals surface area contributed by atoms with Crippen LogP contribution in [0.1, 0.15) is 49.0 Å². The molecule has 29 heavy (non-hydrogen) atoms. The summed E-state index contributed by atoms with van der Waals surface area (Å²) >= 11 is 0. The van der Waals surface area contributed by atoms with Crippen LogP contribution in [0.25, 0.3) is 0 Å². The Morgan fingerprint density at radius 1 is 1.00 bits per heavy atom. The molecule has 3 aliphatic heterocycles. The van der Waals surface area contributed by atoms with Gasteiger partial charge in [-0.2, -0.15) is 0 Å². The molecule has 6 heteroatoms. The van der Waals surface area contributed by atoms with Gasteiger partial charge in [0.05, 0.1) is 5.41 Å². The fraction of sp³-hybridized carbons (Fsp3) is 0.696. The minimum atomic E-state index is -0.188. The molecule has 0 bridgehead atoms. The van der Waals surface area contributed by atoms with Crippen LogP contribution in [-0.4, -0.2) is 77.8 Å². The third kappa shape index (κ3) is 2.98. The highest BCUT2D eigenvalue weighted by molar-refractivity contribution is 5.92. The van der Waals surface area contributed by atoms with Gasteiger partial charge < -0.3 is 14.7 Å². The number of nitrogens with zero attached hydrogens (tertiary/aromatic N) is 4. The number of pyridine rings is 1. The number of carbonyl (C=O) groups is 2. The number of amides is 2. The van der Waals surface area contributed by atoms with E-state index < -0.39 is 0 Å². The average Bonchev–Trinajstić information content (AvgIpc) is 3.46. The smallest absolute Gasteiger partial charge is 0.272 e. The number of hydrogen-bond donors (Lipinski definition) is 0. The van der Waals surface area contributed by atoms with E-state index in [4.69, 9.17) is 0 Å². The maximum atomic E-state index is 13.6. The second kappa shape index (κ2) is 7.08. The molecule has 156 valence electrons. The Balaban J connectivity index is 1.33. The Bertz CT molecular complexity index is 783. The lowest BCUT2D eigenvalue weighted by Gasteiger charge is -2.44. The molecule has 1 saturated carbocycles. The van der Waals surface area contributed by atoms with Crippen molar-refractivity contribution in [1.82, 2.24) is 19.7 Å². The summed E-state index contributed by atoms with van der Waals surface area (Å²) in [6, 6.07) is 5.51. The van der Waals surface area contributed by atoms with E-state index in [1.165, 1.54) is 0 Å². The van der Waals surface area contributed by atoms with E-state index in [-0.39, 0.29) is 16.7 Å². The molecule has 0 N–H and O–H groups in total. The Labute approximate surface area is 173 Å². The van der Waals surface area contributed by atoms with Gasteiger partial charge in [-0.3, -0.25) is 14.6 Å². The summed E-state index contributed by atoms with van der Waals surface area (Å²) in [6.45, 7) is 5.37. The molecule has 4 aliphatic rings. The Morgan fingerprint density at radius 2 is 1.76 bits per heavy atom. The zero-order valence-electron chi connectivity index (χ0n) is 17.5. The third-order valence-corrected chi connectivity index (χ3v) is 8.27. The van der Waals surface area contributed by atoms with Crippen molar-refractivity contribution in [3.8, 4) is 0 Å². The van der Waals surface area contributed by atoms with Gasteiger partial charge in [-0.15, -0.1) is 0 Å². The van der Waals surface area contributed by atoms with E-state index in [1.54, 1.807) is 12.3 Å². The highest BCUT2D eigenvalue weighted by atomic mass is 16.2. The van der Waals surface area contributed by atoms with Crippen molar-refractivity contribution in [1.29, 1.82) is 0 Å². The van der Waals surface area contributed by atoms with Gasteiger partial charge in [0.2, 0.25) is 5.91 Å². The molecular formula is C23H32N4O2. The van der Waals surface area contributed by atoms with Crippen LogP contribution >= 0.6 is 0 Å². The average molecular weight is 397 g/mol. The summed E-state index contributed by atoms with van der Waals surface area (Å²) in [7, 11) is 2.17. The van der Waals surface area contributed by atoms with E-state index in [2.05, 4.69) is 21.8 Å². The van der Waals surface area contributed by atoms with E-state index in [9.17, 15) is 9.59 Å². The predicted molar refractivity (Wildman–Crippen MR) is 110 cm³/mol. The summed E-state index contributed by atoms with van der Waals surface area (Å²) < 4.78 is 0. The van der Waals surface area contributed by atoms with Crippen LogP contribution in [0.4, 0.5) is 0 Å². The topological polar surface area (TPSA) is 56.8 Å². The standard InChI is InChI=1S/C23H32N4O2/c1-25-16-19-22(7-8-23(19,17-25)21(29)27-12-4-5-13-27)9-14-26(15-10-22)20(28)18-6-2-3-11-24-18/h2-3,6,11,19H,4-5,7-10,12-17H2,1H3/t19-,23+/m0/s1. The van der Waals surface area contributed by atoms with Crippen molar-refractivity contribution in [2.45, 2.75) is 38.5 Å². The maximum absolute atomic E-state index is 13.6. The van der Waals surface area contributed by atoms with E-state index in [1.807, 2.05) is 17.0 Å². The molecule has 5 rings (SSSR count). The van der Waals surface area contributed by atoms with Crippen molar-refractivity contribution in [2.75, 3.05) is 46.3 Å². The molecule has 1 aliphatic carbocycles. The minimum absolute atomic E-state index is 0.0430. The van der Waals surface area contributed by atoms with E-state index in [0.717, 1.165) is 77.8 Å². The number of rotatable bonds is 2. The van der Waals surface area contributed by atoms with Crippen LogP contribution in [0.3, 0.4) is 0 Å². The van der Waals surface area contributed by atoms with Gasteiger partial charge in [0, 0.05) is 45.5 Å². The predicted octanol–water partition coefficient (Wildman–Crippen LogP) is 2.27. The number of piperidine rings is 1. The van der Waals surface area contributed by atoms with Gasteiger partial charge >= 0.3 is 0 Å². The molecule has 6 nitrogen and oxygen atoms in total. The Hall–Kier alpha value is -1.95. The second-order valence-corrected chi connectivity index (χ2v) is 9.77. The minimum Gasteiger partial charge on any atom is -0.342 e. The summed E-state index contributed by atoms with van der Waals surface area (Å²) in [6.07, 6.45) is 8.17. The van der Waals surface area contributed by atoms with Gasteiger partial charge in [0.25, 0.3) is 5.91 Å². The van der Waals surface area contributed by atoms with Crippen LogP contribution in [0.2, 0.25) is 0 Å². The quantitative estimate of drug-likeness (QED) is 0.770. The normalized spacial score (nSPS) is 31.4. The van der Waals surface area contributed by atoms with Gasteiger partial charge in [-0.05, 0) is 69.0 Å². The second-order valence-electron chi connectivity index (χ2n) is 9.77. The van der Waals surface area contributed by atoms with Crippen LogP contribution in [-0.2, 0) is 4.79 Å². The lowest BCUT2D eigenvalue weighted by atomic mass is 9.65. The van der Waals surface area contributed by atoms with Crippen LogP contribution in [0.15, 0.2) is 24.4 Å². The zero-order chi connectivity index (χ0) is 20.1. The fourth-order valence-electron chi connectivity index (χ4n) is 6.79. The van der Waals surface area contributed by atoms with Crippen LogP contribution in [0, 0.1) is 16.7 Å². The molecule has 1 aromatic heterocycles. The maximum Gasteiger partial charge on any atom is 0.272 e. The SMILES string of the molecule is CN1C[C@H]2C3(CCN(C(=O)c4ccccn4)CC3)CC[C@@]2(C(=O)N2CCCC2)C1. The molecule has 0 aromatic carbocycles. The third-order valence-electron chi connectivity index (χ3n) is 8.27. The highest BCUT2D eigenvalue weighted by Gasteiger charge is 2.64. The monoisotopic (exact) mass is 396 g/mol. The summed E-state index contributed by atoms with van der Waals surface area (Å²) in [4.78, 5) is 37.2. The molecule has 0 radical (unpaired) electrons. The van der Waals surface area contributed by atoms with Crippen molar-refractivity contribution >= 4 is 11.8 Å². The lowest BCUT2D eigenvalue weighted by Crippen LogP contribution is -2.50. The molecule has 0 unspecified atom stereocenters. The van der Waals surface area contributed by atoms with Crippen molar-refractivity contribution in [3.05, 3.63) is 30.1 Å². The number of aromatic nitrogens is 1. The number of carbonyl (C=O) groups excluding carboxylic acids is 2. The first-order valence-electron chi connectivity index (χ1n) is 11.2. The van der Waals surface area contributed by atoms with Crippen LogP contribution in [0.5, 0.6) is 0 Å². The number of hydrogen-bond acceptors (Lipinski definition) is 4. The lowest BCUT2D eigenvalue weighted by molar-refractivity contribution is -0.142. The molecule has 1 aromatic rings. The molecule has 4 fully saturated rings. The fourth-order valence-corrected chi connectivity index (χ4v) is 6.79. The van der Waals surface area contributed by atoms with E-state index in [0.29, 0.717) is 17.5 Å². The summed E-state index contributed by atoms with van der Waals surface area (Å²) in [5.41, 5.74) is 0.557. The summed E-state index contributed by atoms with van der Waals surface area (Å²) in [5, 5.41) is 0. The first kappa shape index (κ1) is 19.0. The molecule has 1 spiro atoms. The van der Waals surface area contributed by atoms with Gasteiger partial charge in [0.15, 0.2) is 0 Å².